The smallest absolute Gasteiger partial charge is 0.306 e. The average molecular weight is 364 g/mol. The first kappa shape index (κ1) is 18.3. The molecule has 0 heterocycles. The zero-order chi connectivity index (χ0) is 18.8. The van der Waals surface area contributed by atoms with Crippen molar-refractivity contribution in [3.8, 4) is 0 Å². The summed E-state index contributed by atoms with van der Waals surface area (Å²) < 4.78 is 18.5. The minimum Gasteiger partial charge on any atom is -0.453 e. The lowest BCUT2D eigenvalue weighted by atomic mass is 9.86. The number of carbonyl (C=O) groups excluding carboxylic acids is 2. The third kappa shape index (κ3) is 4.00. The van der Waals surface area contributed by atoms with Gasteiger partial charge in [-0.3, -0.25) is 19.7 Å². The van der Waals surface area contributed by atoms with E-state index in [-0.39, 0.29) is 5.69 Å². The number of esters is 1. The maximum atomic E-state index is 13.3. The van der Waals surface area contributed by atoms with Crippen LogP contribution in [0.5, 0.6) is 0 Å². The van der Waals surface area contributed by atoms with Gasteiger partial charge in [0, 0.05) is 18.2 Å². The standard InChI is InChI=1S/C18H21FN2O5/c1-10(26-17(22)8-13-7-11-2-3-12(13)6-11)18(23)20-14-4-5-15(19)16(9-14)21(24)25/h4-5,9-13H,2-3,6-8H2,1H3,(H,20,23). The van der Waals surface area contributed by atoms with Gasteiger partial charge in [0.1, 0.15) is 0 Å². The van der Waals surface area contributed by atoms with Crippen molar-refractivity contribution >= 4 is 23.3 Å². The maximum Gasteiger partial charge on any atom is 0.306 e. The number of halogens is 1. The van der Waals surface area contributed by atoms with Crippen LogP contribution in [0.2, 0.25) is 0 Å². The summed E-state index contributed by atoms with van der Waals surface area (Å²) in [6.45, 7) is 1.44. The molecule has 4 atom stereocenters. The lowest BCUT2D eigenvalue weighted by Gasteiger charge is -2.21. The number of amides is 1. The number of carbonyl (C=O) groups is 2. The second kappa shape index (κ2) is 7.39. The number of nitrogens with one attached hydrogen (secondary N) is 1. The number of hydrogen-bond acceptors (Lipinski definition) is 5. The molecule has 7 nitrogen and oxygen atoms in total. The number of fused-ring (bicyclic) bond motifs is 2. The molecule has 2 saturated carbocycles. The van der Waals surface area contributed by atoms with Crippen LogP contribution in [0.25, 0.3) is 0 Å². The largest absolute Gasteiger partial charge is 0.453 e. The second-order valence-corrected chi connectivity index (χ2v) is 7.18. The lowest BCUT2D eigenvalue weighted by Crippen LogP contribution is -2.31. The summed E-state index contributed by atoms with van der Waals surface area (Å²) in [6, 6.07) is 3.04. The van der Waals surface area contributed by atoms with E-state index in [1.807, 2.05) is 0 Å². The van der Waals surface area contributed by atoms with Crippen LogP contribution in [-0.4, -0.2) is 22.9 Å². The topological polar surface area (TPSA) is 98.5 Å². The normalized spacial score (nSPS) is 24.9. The molecular formula is C18H21FN2O5. The number of hydrogen-bond donors (Lipinski definition) is 1. The molecule has 0 saturated heterocycles. The molecule has 1 amide bonds. The van der Waals surface area contributed by atoms with Gasteiger partial charge in [-0.05, 0) is 56.1 Å². The van der Waals surface area contributed by atoms with Gasteiger partial charge in [0.25, 0.3) is 5.91 Å². The molecule has 4 unspecified atom stereocenters. The van der Waals surface area contributed by atoms with Gasteiger partial charge in [0.05, 0.1) is 4.92 Å². The molecule has 8 heteroatoms. The number of nitro benzene ring substituents is 1. The van der Waals surface area contributed by atoms with E-state index in [0.717, 1.165) is 24.5 Å². The highest BCUT2D eigenvalue weighted by atomic mass is 19.1. The van der Waals surface area contributed by atoms with Crippen molar-refractivity contribution in [3.05, 3.63) is 34.1 Å². The van der Waals surface area contributed by atoms with Crippen LogP contribution in [0.4, 0.5) is 15.8 Å². The van der Waals surface area contributed by atoms with Crippen molar-refractivity contribution in [3.63, 3.8) is 0 Å². The van der Waals surface area contributed by atoms with Gasteiger partial charge >= 0.3 is 11.7 Å². The SMILES string of the molecule is CC(OC(=O)CC1CC2CCC1C2)C(=O)Nc1ccc(F)c([N+](=O)[O-])c1. The van der Waals surface area contributed by atoms with Crippen LogP contribution in [-0.2, 0) is 14.3 Å². The number of nitrogens with zero attached hydrogens (tertiary/aromatic N) is 1. The van der Waals surface area contributed by atoms with Gasteiger partial charge in [-0.15, -0.1) is 0 Å². The molecule has 1 aromatic rings. The van der Waals surface area contributed by atoms with E-state index in [1.165, 1.54) is 32.3 Å². The monoisotopic (exact) mass is 364 g/mol. The van der Waals surface area contributed by atoms with E-state index >= 15 is 0 Å². The zero-order valence-electron chi connectivity index (χ0n) is 14.4. The van der Waals surface area contributed by atoms with E-state index in [2.05, 4.69) is 5.32 Å². The third-order valence-corrected chi connectivity index (χ3v) is 5.40. The molecule has 3 rings (SSSR count). The number of rotatable bonds is 6. The number of ether oxygens (including phenoxy) is 1. The van der Waals surface area contributed by atoms with Crippen LogP contribution < -0.4 is 5.32 Å². The molecule has 1 aromatic carbocycles. The molecule has 26 heavy (non-hydrogen) atoms. The zero-order valence-corrected chi connectivity index (χ0v) is 14.4. The fraction of sp³-hybridized carbons (Fsp3) is 0.556. The fourth-order valence-electron chi connectivity index (χ4n) is 4.11. The maximum absolute atomic E-state index is 13.3. The summed E-state index contributed by atoms with van der Waals surface area (Å²) in [5, 5.41) is 13.1. The molecule has 0 spiro atoms. The predicted octanol–water partition coefficient (Wildman–Crippen LogP) is 3.43. The van der Waals surface area contributed by atoms with Gasteiger partial charge < -0.3 is 10.1 Å². The Morgan fingerprint density at radius 3 is 2.77 bits per heavy atom. The summed E-state index contributed by atoms with van der Waals surface area (Å²) >= 11 is 0. The summed E-state index contributed by atoms with van der Waals surface area (Å²) in [5.74, 6) is -0.346. The summed E-state index contributed by atoms with van der Waals surface area (Å²) in [4.78, 5) is 34.1. The van der Waals surface area contributed by atoms with Crippen molar-refractivity contribution in [2.75, 3.05) is 5.32 Å². The third-order valence-electron chi connectivity index (χ3n) is 5.40. The molecule has 2 aliphatic carbocycles. The Morgan fingerprint density at radius 1 is 1.38 bits per heavy atom. The number of anilines is 1. The van der Waals surface area contributed by atoms with E-state index < -0.39 is 34.4 Å². The predicted molar refractivity (Wildman–Crippen MR) is 90.8 cm³/mol. The van der Waals surface area contributed by atoms with Gasteiger partial charge in [0.2, 0.25) is 5.82 Å². The van der Waals surface area contributed by atoms with E-state index in [0.29, 0.717) is 18.3 Å². The van der Waals surface area contributed by atoms with Crippen molar-refractivity contribution in [1.82, 2.24) is 0 Å². The highest BCUT2D eigenvalue weighted by Crippen LogP contribution is 2.49. The Kier molecular flexibility index (Phi) is 5.20. The molecule has 2 bridgehead atoms. The highest BCUT2D eigenvalue weighted by Gasteiger charge is 2.40. The summed E-state index contributed by atoms with van der Waals surface area (Å²) in [7, 11) is 0. The van der Waals surface area contributed by atoms with Crippen molar-refractivity contribution in [2.45, 2.75) is 45.1 Å². The quantitative estimate of drug-likeness (QED) is 0.474. The van der Waals surface area contributed by atoms with Crippen LogP contribution in [0.15, 0.2) is 18.2 Å². The average Bonchev–Trinajstić information content (AvgIpc) is 3.18. The van der Waals surface area contributed by atoms with Crippen LogP contribution in [0.1, 0.15) is 39.0 Å². The molecule has 2 aliphatic rings. The minimum absolute atomic E-state index is 0.0686. The van der Waals surface area contributed by atoms with E-state index in [4.69, 9.17) is 4.74 Å². The highest BCUT2D eigenvalue weighted by molar-refractivity contribution is 5.95. The molecule has 0 aliphatic heterocycles. The summed E-state index contributed by atoms with van der Waals surface area (Å²) in [5.41, 5.74) is -0.664. The molecule has 1 N–H and O–H groups in total. The Hall–Kier alpha value is -2.51. The first-order chi connectivity index (χ1) is 12.3. The number of nitro groups is 1. The van der Waals surface area contributed by atoms with Crippen LogP contribution in [0, 0.1) is 33.7 Å². The Labute approximate surface area is 150 Å². The first-order valence-electron chi connectivity index (χ1n) is 8.77. The van der Waals surface area contributed by atoms with Crippen molar-refractivity contribution in [1.29, 1.82) is 0 Å². The molecule has 0 aromatic heterocycles. The molecule has 2 fully saturated rings. The lowest BCUT2D eigenvalue weighted by molar-refractivity contribution is -0.387. The minimum atomic E-state index is -1.04. The Bertz CT molecular complexity index is 738. The Balaban J connectivity index is 1.52. The Morgan fingerprint density at radius 2 is 2.15 bits per heavy atom. The van der Waals surface area contributed by atoms with Gasteiger partial charge in [-0.1, -0.05) is 6.42 Å². The number of benzene rings is 1. The molecule has 140 valence electrons. The summed E-state index contributed by atoms with van der Waals surface area (Å²) in [6.07, 6.45) is 3.95. The van der Waals surface area contributed by atoms with Gasteiger partial charge in [0.15, 0.2) is 6.10 Å². The molecule has 0 radical (unpaired) electrons. The van der Waals surface area contributed by atoms with Crippen molar-refractivity contribution < 1.29 is 23.6 Å². The van der Waals surface area contributed by atoms with E-state index in [1.54, 1.807) is 0 Å². The first-order valence-corrected chi connectivity index (χ1v) is 8.77. The fourth-order valence-corrected chi connectivity index (χ4v) is 4.11. The van der Waals surface area contributed by atoms with Crippen LogP contribution in [0.3, 0.4) is 0 Å². The molecular weight excluding hydrogens is 343 g/mol. The van der Waals surface area contributed by atoms with Crippen molar-refractivity contribution in [2.24, 2.45) is 17.8 Å². The van der Waals surface area contributed by atoms with Gasteiger partial charge in [-0.2, -0.15) is 4.39 Å². The van der Waals surface area contributed by atoms with Crippen LogP contribution >= 0.6 is 0 Å². The van der Waals surface area contributed by atoms with Gasteiger partial charge in [-0.25, -0.2) is 0 Å². The van der Waals surface area contributed by atoms with E-state index in [9.17, 15) is 24.1 Å². The second-order valence-electron chi connectivity index (χ2n) is 7.18.